The lowest BCUT2D eigenvalue weighted by atomic mass is 10.2. The Hall–Kier alpha value is -2.55. The molecule has 3 aromatic rings. The van der Waals surface area contributed by atoms with Gasteiger partial charge in [0.05, 0.1) is 0 Å². The molecule has 6 nitrogen and oxygen atoms in total. The van der Waals surface area contributed by atoms with Crippen LogP contribution < -0.4 is 10.9 Å². The second kappa shape index (κ2) is 5.58. The Balaban J connectivity index is 1.86. The van der Waals surface area contributed by atoms with Crippen molar-refractivity contribution >= 4 is 23.3 Å². The summed E-state index contributed by atoms with van der Waals surface area (Å²) in [5.41, 5.74) is -1.29. The summed E-state index contributed by atoms with van der Waals surface area (Å²) in [6.45, 7) is 0.345. The summed E-state index contributed by atoms with van der Waals surface area (Å²) in [5, 5.41) is 6.01. The maximum Gasteiger partial charge on any atom is 0.433 e. The van der Waals surface area contributed by atoms with Gasteiger partial charge in [-0.25, -0.2) is 4.98 Å². The SMILES string of the molecule is O=c1cc(C(F)(F)F)nc2nc(NCc3ccc(Cl)cc3)[nH]n12. The Labute approximate surface area is 131 Å². The van der Waals surface area contributed by atoms with E-state index in [-0.39, 0.29) is 11.7 Å². The van der Waals surface area contributed by atoms with Crippen molar-refractivity contribution in [3.8, 4) is 0 Å². The van der Waals surface area contributed by atoms with Crippen molar-refractivity contribution in [2.24, 2.45) is 0 Å². The van der Waals surface area contributed by atoms with Gasteiger partial charge in [0.2, 0.25) is 5.95 Å². The van der Waals surface area contributed by atoms with E-state index in [9.17, 15) is 18.0 Å². The first-order valence-corrected chi connectivity index (χ1v) is 6.76. The number of benzene rings is 1. The first-order valence-electron chi connectivity index (χ1n) is 6.38. The lowest BCUT2D eigenvalue weighted by molar-refractivity contribution is -0.141. The maximum atomic E-state index is 12.6. The molecule has 10 heteroatoms. The fourth-order valence-corrected chi connectivity index (χ4v) is 2.02. The van der Waals surface area contributed by atoms with Crippen molar-refractivity contribution in [3.63, 3.8) is 0 Å². The minimum atomic E-state index is -4.70. The van der Waals surface area contributed by atoms with Gasteiger partial charge >= 0.3 is 6.18 Å². The van der Waals surface area contributed by atoms with Gasteiger partial charge in [-0.05, 0) is 17.7 Å². The van der Waals surface area contributed by atoms with Gasteiger partial charge in [-0.2, -0.15) is 22.7 Å². The molecule has 0 saturated carbocycles. The normalized spacial score (nSPS) is 11.8. The molecule has 0 aliphatic heterocycles. The van der Waals surface area contributed by atoms with Crippen LogP contribution in [0, 0.1) is 0 Å². The molecule has 0 saturated heterocycles. The quantitative estimate of drug-likeness (QED) is 0.766. The van der Waals surface area contributed by atoms with Crippen LogP contribution in [0.4, 0.5) is 19.1 Å². The average molecular weight is 344 g/mol. The molecule has 1 aromatic carbocycles. The monoisotopic (exact) mass is 343 g/mol. The van der Waals surface area contributed by atoms with E-state index in [1.807, 2.05) is 0 Å². The number of hydrogen-bond donors (Lipinski definition) is 2. The van der Waals surface area contributed by atoms with E-state index >= 15 is 0 Å². The summed E-state index contributed by atoms with van der Waals surface area (Å²) < 4.78 is 38.7. The highest BCUT2D eigenvalue weighted by Crippen LogP contribution is 2.26. The smallest absolute Gasteiger partial charge is 0.351 e. The first-order chi connectivity index (χ1) is 10.8. The number of aromatic nitrogens is 4. The number of alkyl halides is 3. The van der Waals surface area contributed by atoms with Crippen LogP contribution in [0.15, 0.2) is 35.1 Å². The minimum Gasteiger partial charge on any atom is -0.351 e. The molecule has 0 aliphatic carbocycles. The number of rotatable bonds is 3. The van der Waals surface area contributed by atoms with Gasteiger partial charge in [-0.1, -0.05) is 23.7 Å². The van der Waals surface area contributed by atoms with Crippen molar-refractivity contribution in [2.45, 2.75) is 12.7 Å². The zero-order chi connectivity index (χ0) is 16.6. The van der Waals surface area contributed by atoms with Gasteiger partial charge in [0.1, 0.15) is 0 Å². The Morgan fingerprint density at radius 1 is 1.22 bits per heavy atom. The molecule has 0 radical (unpaired) electrons. The van der Waals surface area contributed by atoms with Crippen LogP contribution in [0.25, 0.3) is 5.78 Å². The van der Waals surface area contributed by atoms with E-state index in [2.05, 4.69) is 20.4 Å². The van der Waals surface area contributed by atoms with Crippen LogP contribution in [0.5, 0.6) is 0 Å². The summed E-state index contributed by atoms with van der Waals surface area (Å²) in [6, 6.07) is 7.39. The van der Waals surface area contributed by atoms with Crippen LogP contribution in [0.3, 0.4) is 0 Å². The molecule has 2 N–H and O–H groups in total. The second-order valence-electron chi connectivity index (χ2n) is 4.67. The van der Waals surface area contributed by atoms with E-state index in [0.717, 1.165) is 10.1 Å². The zero-order valence-electron chi connectivity index (χ0n) is 11.4. The number of H-pyrrole nitrogens is 1. The predicted molar refractivity (Wildman–Crippen MR) is 77.4 cm³/mol. The largest absolute Gasteiger partial charge is 0.433 e. The molecule has 0 bridgehead atoms. The Morgan fingerprint density at radius 2 is 1.91 bits per heavy atom. The van der Waals surface area contributed by atoms with Crippen LogP contribution in [-0.2, 0) is 12.7 Å². The minimum absolute atomic E-state index is 0.129. The number of nitrogens with zero attached hydrogens (tertiary/aromatic N) is 3. The fourth-order valence-electron chi connectivity index (χ4n) is 1.89. The lowest BCUT2D eigenvalue weighted by Gasteiger charge is -2.03. The van der Waals surface area contributed by atoms with E-state index < -0.39 is 17.4 Å². The third-order valence-corrected chi connectivity index (χ3v) is 3.25. The Bertz CT molecular complexity index is 901. The molecule has 0 aliphatic rings. The van der Waals surface area contributed by atoms with Gasteiger partial charge in [0.15, 0.2) is 5.69 Å². The van der Waals surface area contributed by atoms with Crippen LogP contribution in [0.1, 0.15) is 11.3 Å². The number of hydrogen-bond acceptors (Lipinski definition) is 4. The topological polar surface area (TPSA) is 75.1 Å². The summed E-state index contributed by atoms with van der Waals surface area (Å²) >= 11 is 5.77. The van der Waals surface area contributed by atoms with Crippen molar-refractivity contribution in [2.75, 3.05) is 5.32 Å². The van der Waals surface area contributed by atoms with E-state index in [1.165, 1.54) is 0 Å². The molecular formula is C13H9ClF3N5O. The third kappa shape index (κ3) is 3.29. The number of aromatic amines is 1. The molecule has 2 heterocycles. The van der Waals surface area contributed by atoms with E-state index in [1.54, 1.807) is 24.3 Å². The van der Waals surface area contributed by atoms with Crippen LogP contribution in [-0.4, -0.2) is 19.6 Å². The second-order valence-corrected chi connectivity index (χ2v) is 5.10. The predicted octanol–water partition coefficient (Wildman–Crippen LogP) is 2.70. The maximum absolute atomic E-state index is 12.6. The van der Waals surface area contributed by atoms with Crippen LogP contribution >= 0.6 is 11.6 Å². The molecule has 23 heavy (non-hydrogen) atoms. The van der Waals surface area contributed by atoms with Crippen molar-refractivity contribution in [1.29, 1.82) is 0 Å². The zero-order valence-corrected chi connectivity index (χ0v) is 12.1. The highest BCUT2D eigenvalue weighted by molar-refractivity contribution is 6.30. The van der Waals surface area contributed by atoms with E-state index in [4.69, 9.17) is 11.6 Å². The highest BCUT2D eigenvalue weighted by atomic mass is 35.5. The molecule has 0 fully saturated rings. The number of fused-ring (bicyclic) bond motifs is 1. The first kappa shape index (κ1) is 15.3. The Morgan fingerprint density at radius 3 is 2.57 bits per heavy atom. The van der Waals surface area contributed by atoms with Gasteiger partial charge in [0, 0.05) is 17.6 Å². The summed E-state index contributed by atoms with van der Waals surface area (Å²) in [4.78, 5) is 18.9. The summed E-state index contributed by atoms with van der Waals surface area (Å²) in [5.74, 6) is -0.229. The number of nitrogens with one attached hydrogen (secondary N) is 2. The molecule has 0 atom stereocenters. The molecular weight excluding hydrogens is 335 g/mol. The average Bonchev–Trinajstić information content (AvgIpc) is 2.89. The van der Waals surface area contributed by atoms with Gasteiger partial charge < -0.3 is 5.32 Å². The standard InChI is InChI=1S/C13H9ClF3N5O/c14-8-3-1-7(2-4-8)6-18-11-20-12-19-9(13(15,16)17)5-10(23)22(12)21-11/h1-5H,6H2,(H2,18,19,20,21). The summed E-state index contributed by atoms with van der Waals surface area (Å²) in [6.07, 6.45) is -4.70. The van der Waals surface area contributed by atoms with Crippen molar-refractivity contribution < 1.29 is 13.2 Å². The van der Waals surface area contributed by atoms with E-state index in [0.29, 0.717) is 17.6 Å². The molecule has 0 amide bonds. The van der Waals surface area contributed by atoms with Crippen molar-refractivity contribution in [3.05, 3.63) is 57.0 Å². The third-order valence-electron chi connectivity index (χ3n) is 2.99. The molecule has 120 valence electrons. The number of halogens is 4. The van der Waals surface area contributed by atoms with Crippen LogP contribution in [0.2, 0.25) is 5.02 Å². The summed E-state index contributed by atoms with van der Waals surface area (Å²) in [7, 11) is 0. The highest BCUT2D eigenvalue weighted by Gasteiger charge is 2.33. The fraction of sp³-hybridized carbons (Fsp3) is 0.154. The van der Waals surface area contributed by atoms with Gasteiger partial charge in [0.25, 0.3) is 11.3 Å². The molecule has 3 rings (SSSR count). The molecule has 0 unspecified atom stereocenters. The molecule has 0 spiro atoms. The molecule has 2 aromatic heterocycles. The van der Waals surface area contributed by atoms with Crippen molar-refractivity contribution in [1.82, 2.24) is 19.6 Å². The lowest BCUT2D eigenvalue weighted by Crippen LogP contribution is -2.20. The van der Waals surface area contributed by atoms with Gasteiger partial charge in [-0.3, -0.25) is 9.89 Å². The Kier molecular flexibility index (Phi) is 3.72. The van der Waals surface area contributed by atoms with Gasteiger partial charge in [-0.15, -0.1) is 0 Å². The number of anilines is 1.